The molecule has 2 heterocycles. The maximum Gasteiger partial charge on any atom is 0.410 e. The summed E-state index contributed by atoms with van der Waals surface area (Å²) in [6.07, 6.45) is 21.1. The first-order chi connectivity index (χ1) is 17.1. The summed E-state index contributed by atoms with van der Waals surface area (Å²) in [5.41, 5.74) is 0. The van der Waals surface area contributed by atoms with E-state index in [0.717, 1.165) is 69.7 Å². The van der Waals surface area contributed by atoms with E-state index < -0.39 is 0 Å². The van der Waals surface area contributed by atoms with Gasteiger partial charge in [-0.25, -0.2) is 4.79 Å². The standard InChI is InChI=1S/C29H57N2O4.HI/c1-3-4-5-6-7-8-9-10-11-12-13-14-15-18-23-34-27-28-26-30(29(32)35-28)19-16-17-20-31(2)21-24-33-25-22-31;/h28H,3-27H2,1-2H3;1H/q+1;/p-1. The van der Waals surface area contributed by atoms with Crippen LogP contribution in [0.1, 0.15) is 110 Å². The number of nitrogens with zero attached hydrogens (tertiary/aromatic N) is 2. The van der Waals surface area contributed by atoms with Crippen LogP contribution in [0.25, 0.3) is 0 Å². The van der Waals surface area contributed by atoms with Crippen molar-refractivity contribution in [1.29, 1.82) is 0 Å². The van der Waals surface area contributed by atoms with Gasteiger partial charge in [0.05, 0.1) is 40.0 Å². The Morgan fingerprint density at radius 1 is 0.833 bits per heavy atom. The number of carbonyl (C=O) groups excluding carboxylic acids is 1. The van der Waals surface area contributed by atoms with Crippen molar-refractivity contribution in [2.24, 2.45) is 0 Å². The Bertz CT molecular complexity index is 531. The third-order valence-electron chi connectivity index (χ3n) is 7.82. The molecule has 214 valence electrons. The average Bonchev–Trinajstić information content (AvgIpc) is 3.21. The lowest BCUT2D eigenvalue weighted by Gasteiger charge is -2.37. The topological polar surface area (TPSA) is 48.0 Å². The SMILES string of the molecule is CCCCCCCCCCCCCCCCOCC1CN(CCCC[N+]2(C)CCOCC2)C(=O)O1.[I-]. The maximum absolute atomic E-state index is 12.1. The number of cyclic esters (lactones) is 1. The maximum atomic E-state index is 12.1. The number of quaternary nitrogens is 1. The molecule has 0 aromatic rings. The van der Waals surface area contributed by atoms with Gasteiger partial charge in [0.2, 0.25) is 0 Å². The van der Waals surface area contributed by atoms with Gasteiger partial charge < -0.3 is 47.6 Å². The highest BCUT2D eigenvalue weighted by atomic mass is 127. The fourth-order valence-corrected chi connectivity index (χ4v) is 5.26. The van der Waals surface area contributed by atoms with E-state index in [2.05, 4.69) is 14.0 Å². The molecule has 1 amide bonds. The molecule has 2 aliphatic heterocycles. The van der Waals surface area contributed by atoms with Gasteiger partial charge in [0.25, 0.3) is 0 Å². The van der Waals surface area contributed by atoms with E-state index in [1.165, 1.54) is 83.5 Å². The molecular weight excluding hydrogens is 567 g/mol. The van der Waals surface area contributed by atoms with Crippen LogP contribution in [0.5, 0.6) is 0 Å². The van der Waals surface area contributed by atoms with Crippen molar-refractivity contribution in [2.75, 3.05) is 66.2 Å². The molecule has 0 saturated carbocycles. The molecular formula is C29H57IN2O4. The van der Waals surface area contributed by atoms with Gasteiger partial charge in [0, 0.05) is 13.2 Å². The van der Waals surface area contributed by atoms with Crippen LogP contribution in [-0.2, 0) is 14.2 Å². The molecule has 36 heavy (non-hydrogen) atoms. The number of unbranched alkanes of at least 4 members (excludes halogenated alkanes) is 14. The number of ether oxygens (including phenoxy) is 3. The molecule has 0 aliphatic carbocycles. The van der Waals surface area contributed by atoms with E-state index in [4.69, 9.17) is 14.2 Å². The summed E-state index contributed by atoms with van der Waals surface area (Å²) >= 11 is 0. The van der Waals surface area contributed by atoms with Crippen molar-refractivity contribution in [2.45, 2.75) is 116 Å². The number of amides is 1. The van der Waals surface area contributed by atoms with Crippen LogP contribution >= 0.6 is 0 Å². The second-order valence-electron chi connectivity index (χ2n) is 11.2. The van der Waals surface area contributed by atoms with Gasteiger partial charge >= 0.3 is 6.09 Å². The van der Waals surface area contributed by atoms with Crippen molar-refractivity contribution in [1.82, 2.24) is 4.90 Å². The molecule has 1 atom stereocenters. The normalized spacial score (nSPS) is 19.3. The van der Waals surface area contributed by atoms with Gasteiger partial charge in [-0.15, -0.1) is 0 Å². The molecule has 2 rings (SSSR count). The molecule has 6 nitrogen and oxygen atoms in total. The summed E-state index contributed by atoms with van der Waals surface area (Å²) < 4.78 is 17.9. The zero-order chi connectivity index (χ0) is 25.0. The highest BCUT2D eigenvalue weighted by molar-refractivity contribution is 5.69. The predicted octanol–water partition coefficient (Wildman–Crippen LogP) is 3.57. The van der Waals surface area contributed by atoms with Crippen molar-refractivity contribution in [3.05, 3.63) is 0 Å². The van der Waals surface area contributed by atoms with Gasteiger partial charge in [-0.1, -0.05) is 90.4 Å². The van der Waals surface area contributed by atoms with E-state index >= 15 is 0 Å². The fourth-order valence-electron chi connectivity index (χ4n) is 5.26. The van der Waals surface area contributed by atoms with Crippen LogP contribution < -0.4 is 24.0 Å². The minimum Gasteiger partial charge on any atom is -1.00 e. The van der Waals surface area contributed by atoms with Crippen molar-refractivity contribution in [3.63, 3.8) is 0 Å². The Hall–Kier alpha value is -0.120. The second-order valence-corrected chi connectivity index (χ2v) is 11.2. The van der Waals surface area contributed by atoms with Crippen LogP contribution in [0.3, 0.4) is 0 Å². The lowest BCUT2D eigenvalue weighted by molar-refractivity contribution is -0.917. The van der Waals surface area contributed by atoms with Crippen LogP contribution in [-0.4, -0.2) is 87.8 Å². The molecule has 0 aromatic carbocycles. The number of hydrogen-bond donors (Lipinski definition) is 0. The third-order valence-corrected chi connectivity index (χ3v) is 7.82. The number of halogens is 1. The van der Waals surface area contributed by atoms with E-state index in [1.807, 2.05) is 4.90 Å². The van der Waals surface area contributed by atoms with Gasteiger partial charge in [0.1, 0.15) is 19.2 Å². The van der Waals surface area contributed by atoms with Crippen molar-refractivity contribution in [3.8, 4) is 0 Å². The molecule has 7 heteroatoms. The fraction of sp³-hybridized carbons (Fsp3) is 0.966. The Morgan fingerprint density at radius 2 is 1.39 bits per heavy atom. The summed E-state index contributed by atoms with van der Waals surface area (Å²) in [5.74, 6) is 0. The van der Waals surface area contributed by atoms with E-state index in [-0.39, 0.29) is 36.2 Å². The molecule has 0 bridgehead atoms. The zero-order valence-corrected chi connectivity index (χ0v) is 25.8. The van der Waals surface area contributed by atoms with Crippen LogP contribution in [0, 0.1) is 0 Å². The quantitative estimate of drug-likeness (QED) is 0.105. The van der Waals surface area contributed by atoms with Gasteiger partial charge in [0.15, 0.2) is 0 Å². The first-order valence-corrected chi connectivity index (χ1v) is 15.1. The van der Waals surface area contributed by atoms with Gasteiger partial charge in [-0.2, -0.15) is 0 Å². The summed E-state index contributed by atoms with van der Waals surface area (Å²) in [6.45, 7) is 10.2. The highest BCUT2D eigenvalue weighted by Crippen LogP contribution is 2.16. The number of rotatable bonds is 22. The molecule has 2 aliphatic rings. The smallest absolute Gasteiger partial charge is 0.410 e. The lowest BCUT2D eigenvalue weighted by atomic mass is 10.0. The summed E-state index contributed by atoms with van der Waals surface area (Å²) in [4.78, 5) is 14.0. The van der Waals surface area contributed by atoms with Crippen LogP contribution in [0.2, 0.25) is 0 Å². The van der Waals surface area contributed by atoms with E-state index in [0.29, 0.717) is 13.2 Å². The minimum atomic E-state index is -0.165. The number of morpholine rings is 1. The zero-order valence-electron chi connectivity index (χ0n) is 23.7. The Morgan fingerprint density at radius 3 is 1.97 bits per heavy atom. The molecule has 2 saturated heterocycles. The molecule has 0 aromatic heterocycles. The third kappa shape index (κ3) is 16.0. The van der Waals surface area contributed by atoms with E-state index in [1.54, 1.807) is 0 Å². The lowest BCUT2D eigenvalue weighted by Crippen LogP contribution is -3.00. The van der Waals surface area contributed by atoms with Crippen LogP contribution in [0.4, 0.5) is 4.79 Å². The Balaban J connectivity index is 0.00000648. The molecule has 1 unspecified atom stereocenters. The highest BCUT2D eigenvalue weighted by Gasteiger charge is 2.31. The van der Waals surface area contributed by atoms with Crippen molar-refractivity contribution >= 4 is 6.09 Å². The number of hydrogen-bond acceptors (Lipinski definition) is 4. The first kappa shape index (κ1) is 33.9. The second kappa shape index (κ2) is 21.8. The average molecular weight is 625 g/mol. The summed E-state index contributed by atoms with van der Waals surface area (Å²) in [7, 11) is 2.32. The summed E-state index contributed by atoms with van der Waals surface area (Å²) in [6, 6.07) is 0. The van der Waals surface area contributed by atoms with Crippen molar-refractivity contribution < 1.29 is 47.5 Å². The van der Waals surface area contributed by atoms with Gasteiger partial charge in [-0.3, -0.25) is 0 Å². The molecule has 0 radical (unpaired) electrons. The first-order valence-electron chi connectivity index (χ1n) is 15.1. The molecule has 0 spiro atoms. The number of likely N-dealkylation sites (N-methyl/N-ethyl adjacent to an activating group) is 1. The monoisotopic (exact) mass is 624 g/mol. The number of carbonyl (C=O) groups is 1. The Kier molecular flexibility index (Phi) is 20.5. The largest absolute Gasteiger partial charge is 1.00 e. The van der Waals surface area contributed by atoms with Gasteiger partial charge in [-0.05, 0) is 19.3 Å². The predicted molar refractivity (Wildman–Crippen MR) is 144 cm³/mol. The molecule has 0 N–H and O–H groups in total. The minimum absolute atomic E-state index is 0. The Labute approximate surface area is 239 Å². The van der Waals surface area contributed by atoms with Crippen LogP contribution in [0.15, 0.2) is 0 Å². The molecule has 2 fully saturated rings. The van der Waals surface area contributed by atoms with E-state index in [9.17, 15) is 4.79 Å². The summed E-state index contributed by atoms with van der Waals surface area (Å²) in [5, 5.41) is 0.